The Morgan fingerprint density at radius 3 is 2.65 bits per heavy atom. The maximum atomic E-state index is 6.36. The number of rotatable bonds is 4. The number of nitrogens with zero attached hydrogens (tertiary/aromatic N) is 1. The molecular weight excluding hydrogens is 216 g/mol. The van der Waals surface area contributed by atoms with Crippen molar-refractivity contribution in [2.24, 2.45) is 5.73 Å². The molecule has 0 atom stereocenters. The second-order valence-electron chi connectivity index (χ2n) is 5.20. The molecule has 0 aliphatic heterocycles. The van der Waals surface area contributed by atoms with Crippen molar-refractivity contribution in [3.05, 3.63) is 17.5 Å². The lowest BCUT2D eigenvalue weighted by Crippen LogP contribution is -2.43. The molecular formula is C13H22N2O2. The highest BCUT2D eigenvalue weighted by Gasteiger charge is 2.26. The van der Waals surface area contributed by atoms with Crippen molar-refractivity contribution in [2.75, 3.05) is 6.61 Å². The molecule has 1 fully saturated rings. The smallest absolute Gasteiger partial charge is 0.134 e. The molecule has 0 spiro atoms. The van der Waals surface area contributed by atoms with Gasteiger partial charge in [-0.15, -0.1) is 0 Å². The van der Waals surface area contributed by atoms with E-state index in [4.69, 9.17) is 15.0 Å². The van der Waals surface area contributed by atoms with Crippen LogP contribution in [-0.2, 0) is 11.3 Å². The monoisotopic (exact) mass is 238 g/mol. The van der Waals surface area contributed by atoms with Crippen LogP contribution in [0.5, 0.6) is 0 Å². The second-order valence-corrected chi connectivity index (χ2v) is 5.20. The van der Waals surface area contributed by atoms with Gasteiger partial charge in [0, 0.05) is 11.6 Å². The van der Waals surface area contributed by atoms with E-state index < -0.39 is 0 Å². The molecule has 96 valence electrons. The molecule has 0 saturated heterocycles. The highest BCUT2D eigenvalue weighted by molar-refractivity contribution is 5.02. The Balaban J connectivity index is 1.76. The minimum atomic E-state index is -0.130. The average molecular weight is 238 g/mol. The number of aryl methyl sites for hydroxylation is 1. The summed E-state index contributed by atoms with van der Waals surface area (Å²) in [5, 5.41) is 3.90. The van der Waals surface area contributed by atoms with Crippen LogP contribution in [0.1, 0.15) is 50.0 Å². The first kappa shape index (κ1) is 12.6. The molecule has 2 rings (SSSR count). The number of ether oxygens (including phenoxy) is 1. The predicted molar refractivity (Wildman–Crippen MR) is 65.5 cm³/mol. The molecule has 1 aliphatic carbocycles. The van der Waals surface area contributed by atoms with E-state index in [1.54, 1.807) is 0 Å². The van der Waals surface area contributed by atoms with Crippen LogP contribution in [0.15, 0.2) is 10.6 Å². The zero-order valence-electron chi connectivity index (χ0n) is 10.6. The van der Waals surface area contributed by atoms with Crippen LogP contribution in [0.3, 0.4) is 0 Å². The average Bonchev–Trinajstić information content (AvgIpc) is 2.58. The molecule has 1 saturated carbocycles. The summed E-state index contributed by atoms with van der Waals surface area (Å²) in [5.74, 6) is 0.820. The molecule has 0 amide bonds. The first-order valence-corrected chi connectivity index (χ1v) is 6.47. The van der Waals surface area contributed by atoms with Gasteiger partial charge in [-0.3, -0.25) is 0 Å². The molecule has 4 heteroatoms. The third-order valence-electron chi connectivity index (χ3n) is 3.42. The lowest BCUT2D eigenvalue weighted by molar-refractivity contribution is 0.0634. The number of aromatic nitrogens is 1. The molecule has 0 radical (unpaired) electrons. The van der Waals surface area contributed by atoms with E-state index in [1.807, 2.05) is 13.0 Å². The zero-order valence-corrected chi connectivity index (χ0v) is 10.6. The molecule has 2 N–H and O–H groups in total. The Morgan fingerprint density at radius 1 is 1.35 bits per heavy atom. The normalized spacial score (nSPS) is 20.1. The van der Waals surface area contributed by atoms with Crippen LogP contribution >= 0.6 is 0 Å². The molecule has 0 unspecified atom stereocenters. The summed E-state index contributed by atoms with van der Waals surface area (Å²) < 4.78 is 10.7. The fourth-order valence-corrected chi connectivity index (χ4v) is 2.42. The Morgan fingerprint density at radius 2 is 2.06 bits per heavy atom. The summed E-state index contributed by atoms with van der Waals surface area (Å²) in [6.07, 6.45) is 7.21. The molecule has 17 heavy (non-hydrogen) atoms. The molecule has 0 bridgehead atoms. The van der Waals surface area contributed by atoms with Crippen molar-refractivity contribution in [1.29, 1.82) is 0 Å². The van der Waals surface area contributed by atoms with Crippen molar-refractivity contribution in [3.8, 4) is 0 Å². The summed E-state index contributed by atoms with van der Waals surface area (Å²) in [6, 6.07) is 1.90. The van der Waals surface area contributed by atoms with Gasteiger partial charge < -0.3 is 15.0 Å². The Bertz CT molecular complexity index is 341. The summed E-state index contributed by atoms with van der Waals surface area (Å²) in [7, 11) is 0. The highest BCUT2D eigenvalue weighted by Crippen LogP contribution is 2.25. The van der Waals surface area contributed by atoms with Gasteiger partial charge in [-0.2, -0.15) is 0 Å². The van der Waals surface area contributed by atoms with Gasteiger partial charge in [0.2, 0.25) is 0 Å². The van der Waals surface area contributed by atoms with E-state index in [1.165, 1.54) is 25.7 Å². The van der Waals surface area contributed by atoms with E-state index in [9.17, 15) is 0 Å². The lowest BCUT2D eigenvalue weighted by atomic mass is 9.93. The van der Waals surface area contributed by atoms with E-state index in [2.05, 4.69) is 5.16 Å². The molecule has 1 heterocycles. The van der Waals surface area contributed by atoms with Crippen LogP contribution in [0.25, 0.3) is 0 Å². The van der Waals surface area contributed by atoms with Gasteiger partial charge in [0.1, 0.15) is 11.5 Å². The van der Waals surface area contributed by atoms with E-state index >= 15 is 0 Å². The van der Waals surface area contributed by atoms with Crippen molar-refractivity contribution in [2.45, 2.75) is 57.6 Å². The van der Waals surface area contributed by atoms with Gasteiger partial charge in [-0.25, -0.2) is 0 Å². The van der Waals surface area contributed by atoms with Crippen LogP contribution in [-0.4, -0.2) is 17.3 Å². The number of hydrogen-bond acceptors (Lipinski definition) is 4. The van der Waals surface area contributed by atoms with Crippen molar-refractivity contribution < 1.29 is 9.26 Å². The Kier molecular flexibility index (Phi) is 4.18. The SMILES string of the molecule is Cc1cc(COCC2(N)CCCCCC2)no1. The number of nitrogens with two attached hydrogens (primary N) is 1. The molecule has 1 aromatic rings. The first-order valence-electron chi connectivity index (χ1n) is 6.47. The summed E-state index contributed by atoms with van der Waals surface area (Å²) in [6.45, 7) is 3.00. The van der Waals surface area contributed by atoms with E-state index in [0.717, 1.165) is 24.3 Å². The van der Waals surface area contributed by atoms with Crippen molar-refractivity contribution >= 4 is 0 Å². The van der Waals surface area contributed by atoms with Gasteiger partial charge in [0.15, 0.2) is 0 Å². The van der Waals surface area contributed by atoms with Crippen molar-refractivity contribution in [3.63, 3.8) is 0 Å². The fourth-order valence-electron chi connectivity index (χ4n) is 2.42. The summed E-state index contributed by atoms with van der Waals surface area (Å²) >= 11 is 0. The van der Waals surface area contributed by atoms with E-state index in [-0.39, 0.29) is 5.54 Å². The molecule has 0 aromatic carbocycles. The summed E-state index contributed by atoms with van der Waals surface area (Å²) in [4.78, 5) is 0. The molecule has 1 aliphatic rings. The maximum Gasteiger partial charge on any atom is 0.134 e. The molecule has 4 nitrogen and oxygen atoms in total. The fraction of sp³-hybridized carbons (Fsp3) is 0.769. The standard InChI is InChI=1S/C13H22N2O2/c1-11-8-12(15-17-11)9-16-10-13(14)6-4-2-3-5-7-13/h8H,2-7,9-10,14H2,1H3. The van der Waals surface area contributed by atoms with Crippen LogP contribution in [0, 0.1) is 6.92 Å². The quantitative estimate of drug-likeness (QED) is 0.819. The third-order valence-corrected chi connectivity index (χ3v) is 3.42. The predicted octanol–water partition coefficient (Wildman–Crippen LogP) is 2.55. The highest BCUT2D eigenvalue weighted by atomic mass is 16.5. The van der Waals surface area contributed by atoms with Gasteiger partial charge in [-0.1, -0.05) is 30.8 Å². The zero-order chi connectivity index (χ0) is 12.1. The minimum Gasteiger partial charge on any atom is -0.373 e. The van der Waals surface area contributed by atoms with Gasteiger partial charge in [-0.05, 0) is 19.8 Å². The van der Waals surface area contributed by atoms with Gasteiger partial charge in [0.25, 0.3) is 0 Å². The summed E-state index contributed by atoms with van der Waals surface area (Å²) in [5.41, 5.74) is 7.08. The van der Waals surface area contributed by atoms with Crippen LogP contribution < -0.4 is 5.73 Å². The molecule has 1 aromatic heterocycles. The van der Waals surface area contributed by atoms with Gasteiger partial charge >= 0.3 is 0 Å². The number of hydrogen-bond donors (Lipinski definition) is 1. The largest absolute Gasteiger partial charge is 0.373 e. The first-order chi connectivity index (χ1) is 8.18. The van der Waals surface area contributed by atoms with Gasteiger partial charge in [0.05, 0.1) is 13.2 Å². The van der Waals surface area contributed by atoms with Crippen LogP contribution in [0.4, 0.5) is 0 Å². The van der Waals surface area contributed by atoms with E-state index in [0.29, 0.717) is 13.2 Å². The maximum absolute atomic E-state index is 6.36. The van der Waals surface area contributed by atoms with Crippen LogP contribution in [0.2, 0.25) is 0 Å². The Labute approximate surface area is 102 Å². The third kappa shape index (κ3) is 3.82. The minimum absolute atomic E-state index is 0.130. The Hall–Kier alpha value is -0.870. The van der Waals surface area contributed by atoms with Crippen molar-refractivity contribution in [1.82, 2.24) is 5.16 Å². The second kappa shape index (κ2) is 5.65. The topological polar surface area (TPSA) is 61.3 Å². The lowest BCUT2D eigenvalue weighted by Gasteiger charge is -2.27.